The molecule has 0 N–H and O–H groups in total. The Labute approximate surface area is 156 Å². The summed E-state index contributed by atoms with van der Waals surface area (Å²) in [6.45, 7) is 2.14. The second-order valence-electron chi connectivity index (χ2n) is 6.42. The molecule has 0 saturated heterocycles. The molecule has 4 aromatic rings. The molecule has 0 aliphatic carbocycles. The smallest absolute Gasteiger partial charge is 0.0134 e. The predicted molar refractivity (Wildman–Crippen MR) is 115 cm³/mol. The Bertz CT molecular complexity index is 934. The summed E-state index contributed by atoms with van der Waals surface area (Å²) in [5, 5.41) is 4.16. The number of rotatable bonds is 4. The van der Waals surface area contributed by atoms with Gasteiger partial charge in [-0.3, -0.25) is 0 Å². The van der Waals surface area contributed by atoms with Crippen LogP contribution in [-0.2, 0) is 0 Å². The lowest BCUT2D eigenvalue weighted by atomic mass is 10.0. The topological polar surface area (TPSA) is 0 Å². The van der Waals surface area contributed by atoms with Crippen molar-refractivity contribution in [1.82, 2.24) is 0 Å². The minimum Gasteiger partial charge on any atom is -0.0622 e. The van der Waals surface area contributed by atoms with Crippen LogP contribution in [0.15, 0.2) is 109 Å². The Morgan fingerprint density at radius 1 is 0.462 bits per heavy atom. The molecule has 1 heteroatoms. The third-order valence-corrected chi connectivity index (χ3v) is 6.95. The molecular formula is C25H21P. The van der Waals surface area contributed by atoms with Crippen molar-refractivity contribution >= 4 is 23.8 Å². The van der Waals surface area contributed by atoms with Gasteiger partial charge in [0.1, 0.15) is 0 Å². The Morgan fingerprint density at radius 2 is 1.00 bits per heavy atom. The molecule has 0 fully saturated rings. The van der Waals surface area contributed by atoms with Crippen LogP contribution < -0.4 is 15.9 Å². The maximum absolute atomic E-state index is 2.30. The van der Waals surface area contributed by atoms with Gasteiger partial charge >= 0.3 is 0 Å². The van der Waals surface area contributed by atoms with Gasteiger partial charge in [-0.15, -0.1) is 0 Å². The fraction of sp³-hybridized carbons (Fsp3) is 0.0400. The van der Waals surface area contributed by atoms with Crippen molar-refractivity contribution in [2.75, 3.05) is 0 Å². The maximum atomic E-state index is 2.30. The summed E-state index contributed by atoms with van der Waals surface area (Å²) in [4.78, 5) is 0. The molecule has 0 aromatic heterocycles. The zero-order valence-electron chi connectivity index (χ0n) is 14.8. The van der Waals surface area contributed by atoms with Crippen LogP contribution in [0.3, 0.4) is 0 Å². The fourth-order valence-electron chi connectivity index (χ4n) is 3.23. The molecule has 0 atom stereocenters. The van der Waals surface area contributed by atoms with Gasteiger partial charge in [0.15, 0.2) is 0 Å². The van der Waals surface area contributed by atoms with E-state index in [2.05, 4.69) is 116 Å². The molecule has 0 nitrogen and oxygen atoms in total. The standard InChI is InChI=1S/C25H21P/c1-20-9-8-10-22(19-20)21-15-17-25(18-16-21)26(23-11-4-2-5-12-23)24-13-6-3-7-14-24/h2-19H,1H3. The molecule has 0 aliphatic rings. The predicted octanol–water partition coefficient (Wildman–Crippen LogP) is 5.42. The summed E-state index contributed by atoms with van der Waals surface area (Å²) >= 11 is 0. The fourth-order valence-corrected chi connectivity index (χ4v) is 5.51. The van der Waals surface area contributed by atoms with Gasteiger partial charge < -0.3 is 0 Å². The average Bonchev–Trinajstić information content (AvgIpc) is 2.70. The normalized spacial score (nSPS) is 10.8. The molecule has 0 radical (unpaired) electrons. The molecule has 4 aromatic carbocycles. The van der Waals surface area contributed by atoms with Crippen molar-refractivity contribution in [1.29, 1.82) is 0 Å². The first-order valence-corrected chi connectivity index (χ1v) is 10.2. The summed E-state index contributed by atoms with van der Waals surface area (Å²) in [7, 11) is -0.533. The van der Waals surface area contributed by atoms with Crippen LogP contribution in [0.4, 0.5) is 0 Å². The van der Waals surface area contributed by atoms with Crippen molar-refractivity contribution in [3.05, 3.63) is 115 Å². The van der Waals surface area contributed by atoms with E-state index in [1.807, 2.05) is 0 Å². The van der Waals surface area contributed by atoms with E-state index in [1.165, 1.54) is 32.6 Å². The second-order valence-corrected chi connectivity index (χ2v) is 8.64. The zero-order valence-corrected chi connectivity index (χ0v) is 15.7. The molecule has 0 saturated carbocycles. The largest absolute Gasteiger partial charge is 0.0622 e. The number of benzene rings is 4. The molecule has 0 amide bonds. The van der Waals surface area contributed by atoms with Crippen LogP contribution >= 0.6 is 7.92 Å². The molecular weight excluding hydrogens is 331 g/mol. The van der Waals surface area contributed by atoms with Crippen molar-refractivity contribution in [2.45, 2.75) is 6.92 Å². The Morgan fingerprint density at radius 3 is 1.54 bits per heavy atom. The minimum absolute atomic E-state index is 0.533. The number of hydrogen-bond donors (Lipinski definition) is 0. The summed E-state index contributed by atoms with van der Waals surface area (Å²) in [5.74, 6) is 0. The highest BCUT2D eigenvalue weighted by molar-refractivity contribution is 7.79. The van der Waals surface area contributed by atoms with Crippen molar-refractivity contribution < 1.29 is 0 Å². The zero-order chi connectivity index (χ0) is 17.8. The van der Waals surface area contributed by atoms with Crippen molar-refractivity contribution in [3.63, 3.8) is 0 Å². The van der Waals surface area contributed by atoms with Gasteiger partial charge in [0, 0.05) is 0 Å². The summed E-state index contributed by atoms with van der Waals surface area (Å²) in [6.07, 6.45) is 0. The first kappa shape index (κ1) is 16.8. The first-order valence-electron chi connectivity index (χ1n) is 8.88. The van der Waals surface area contributed by atoms with E-state index in [0.717, 1.165) is 0 Å². The molecule has 26 heavy (non-hydrogen) atoms. The Kier molecular flexibility index (Phi) is 4.95. The molecule has 4 rings (SSSR count). The highest BCUT2D eigenvalue weighted by Crippen LogP contribution is 2.33. The maximum Gasteiger partial charge on any atom is -0.0134 e. The Hall–Kier alpha value is -2.69. The summed E-state index contributed by atoms with van der Waals surface area (Å²) in [6, 6.07) is 39.5. The number of aryl methyl sites for hydroxylation is 1. The second kappa shape index (κ2) is 7.68. The van der Waals surface area contributed by atoms with Gasteiger partial charge in [-0.25, -0.2) is 0 Å². The Balaban J connectivity index is 1.75. The minimum atomic E-state index is -0.533. The lowest BCUT2D eigenvalue weighted by Gasteiger charge is -2.19. The van der Waals surface area contributed by atoms with E-state index < -0.39 is 7.92 Å². The lowest BCUT2D eigenvalue weighted by molar-refractivity contribution is 1.47. The first-order chi connectivity index (χ1) is 12.8. The summed E-state index contributed by atoms with van der Waals surface area (Å²) < 4.78 is 0. The van der Waals surface area contributed by atoms with Gasteiger partial charge in [-0.05, 0) is 41.9 Å². The van der Waals surface area contributed by atoms with Crippen LogP contribution in [0.5, 0.6) is 0 Å². The van der Waals surface area contributed by atoms with Crippen LogP contribution in [0, 0.1) is 6.92 Å². The summed E-state index contributed by atoms with van der Waals surface area (Å²) in [5.41, 5.74) is 3.84. The monoisotopic (exact) mass is 352 g/mol. The molecule has 0 unspecified atom stereocenters. The van der Waals surface area contributed by atoms with Gasteiger partial charge in [0.05, 0.1) is 0 Å². The van der Waals surface area contributed by atoms with E-state index in [1.54, 1.807) is 0 Å². The van der Waals surface area contributed by atoms with Crippen LogP contribution in [0.25, 0.3) is 11.1 Å². The van der Waals surface area contributed by atoms with Gasteiger partial charge in [-0.2, -0.15) is 0 Å². The molecule has 0 spiro atoms. The highest BCUT2D eigenvalue weighted by atomic mass is 31.1. The third kappa shape index (κ3) is 3.62. The average molecular weight is 352 g/mol. The molecule has 0 bridgehead atoms. The van der Waals surface area contributed by atoms with E-state index >= 15 is 0 Å². The van der Waals surface area contributed by atoms with Gasteiger partial charge in [0.25, 0.3) is 0 Å². The van der Waals surface area contributed by atoms with Gasteiger partial charge in [0.2, 0.25) is 0 Å². The lowest BCUT2D eigenvalue weighted by Crippen LogP contribution is -2.20. The van der Waals surface area contributed by atoms with E-state index in [4.69, 9.17) is 0 Å². The van der Waals surface area contributed by atoms with E-state index in [9.17, 15) is 0 Å². The van der Waals surface area contributed by atoms with Crippen molar-refractivity contribution in [3.8, 4) is 11.1 Å². The van der Waals surface area contributed by atoms with Crippen LogP contribution in [0.1, 0.15) is 5.56 Å². The van der Waals surface area contributed by atoms with Crippen LogP contribution in [-0.4, -0.2) is 0 Å². The molecule has 126 valence electrons. The number of hydrogen-bond acceptors (Lipinski definition) is 0. The SMILES string of the molecule is Cc1cccc(-c2ccc(P(c3ccccc3)c3ccccc3)cc2)c1. The van der Waals surface area contributed by atoms with Gasteiger partial charge in [-0.1, -0.05) is 115 Å². The van der Waals surface area contributed by atoms with Crippen molar-refractivity contribution in [2.24, 2.45) is 0 Å². The van der Waals surface area contributed by atoms with E-state index in [-0.39, 0.29) is 0 Å². The highest BCUT2D eigenvalue weighted by Gasteiger charge is 2.15. The quantitative estimate of drug-likeness (QED) is 0.430. The van der Waals surface area contributed by atoms with E-state index in [0.29, 0.717) is 0 Å². The van der Waals surface area contributed by atoms with Crippen LogP contribution in [0.2, 0.25) is 0 Å². The molecule has 0 aliphatic heterocycles. The third-order valence-electron chi connectivity index (χ3n) is 4.51. The molecule has 0 heterocycles.